The summed E-state index contributed by atoms with van der Waals surface area (Å²) in [5.41, 5.74) is 1.44. The van der Waals surface area contributed by atoms with E-state index in [1.54, 1.807) is 0 Å². The van der Waals surface area contributed by atoms with Crippen molar-refractivity contribution in [2.24, 2.45) is 0 Å². The van der Waals surface area contributed by atoms with E-state index in [2.05, 4.69) is 37.0 Å². The van der Waals surface area contributed by atoms with Crippen LogP contribution in [0.15, 0.2) is 48.6 Å². The molecule has 0 amide bonds. The van der Waals surface area contributed by atoms with Gasteiger partial charge in [-0.15, -0.1) is 0 Å². The molecule has 0 fully saturated rings. The molecule has 0 saturated heterocycles. The lowest BCUT2D eigenvalue weighted by Gasteiger charge is -2.06. The van der Waals surface area contributed by atoms with Crippen LogP contribution in [0.2, 0.25) is 0 Å². The van der Waals surface area contributed by atoms with Gasteiger partial charge in [-0.3, -0.25) is 0 Å². The lowest BCUT2D eigenvalue weighted by atomic mass is 10.0. The molecule has 0 heterocycles. The molecule has 0 bridgehead atoms. The Morgan fingerprint density at radius 1 is 1.15 bits per heavy atom. The third-order valence-corrected chi connectivity index (χ3v) is 2.24. The second kappa shape index (κ2) is 6.47. The molecule has 0 spiro atoms. The molecule has 0 nitrogen and oxygen atoms in total. The summed E-state index contributed by atoms with van der Waals surface area (Å²) in [5, 5.41) is 0. The lowest BCUT2D eigenvalue weighted by Crippen LogP contribution is -1.86. The van der Waals surface area contributed by atoms with E-state index in [9.17, 15) is 0 Å². The largest absolute Gasteiger partial charge is 0.0988 e. The van der Waals surface area contributed by atoms with E-state index in [4.69, 9.17) is 0 Å². The van der Waals surface area contributed by atoms with Crippen molar-refractivity contribution < 1.29 is 0 Å². The maximum Gasteiger partial charge on any atom is -0.0163 e. The number of allylic oxidation sites excluding steroid dienone is 7. The Bertz CT molecular complexity index is 218. The average molecular weight is 174 g/mol. The molecule has 2 aliphatic rings. The number of hydrogen-bond donors (Lipinski definition) is 0. The van der Waals surface area contributed by atoms with Crippen molar-refractivity contribution in [2.75, 3.05) is 0 Å². The van der Waals surface area contributed by atoms with Crippen LogP contribution in [0.25, 0.3) is 0 Å². The first kappa shape index (κ1) is 10.0. The first-order chi connectivity index (χ1) is 6.43. The van der Waals surface area contributed by atoms with Crippen LogP contribution in [0.1, 0.15) is 32.1 Å². The van der Waals surface area contributed by atoms with Crippen LogP contribution in [-0.4, -0.2) is 0 Å². The number of hydrogen-bond acceptors (Lipinski definition) is 0. The van der Waals surface area contributed by atoms with Gasteiger partial charge in [0.05, 0.1) is 0 Å². The van der Waals surface area contributed by atoms with E-state index in [0.717, 1.165) is 6.42 Å². The summed E-state index contributed by atoms with van der Waals surface area (Å²) >= 11 is 0. The minimum atomic E-state index is 1.14. The van der Waals surface area contributed by atoms with Crippen LogP contribution in [0.4, 0.5) is 0 Å². The Morgan fingerprint density at radius 2 is 1.92 bits per heavy atom. The van der Waals surface area contributed by atoms with Gasteiger partial charge in [-0.2, -0.15) is 0 Å². The molecular formula is C13H18. The molecule has 0 aliphatic heterocycles. The topological polar surface area (TPSA) is 0 Å². The van der Waals surface area contributed by atoms with E-state index in [-0.39, 0.29) is 0 Å². The molecule has 0 aromatic carbocycles. The van der Waals surface area contributed by atoms with Gasteiger partial charge in [0.1, 0.15) is 0 Å². The lowest BCUT2D eigenvalue weighted by molar-refractivity contribution is 0.712. The third kappa shape index (κ3) is 4.51. The molecule has 0 heteroatoms. The summed E-state index contributed by atoms with van der Waals surface area (Å²) in [6, 6.07) is 0. The predicted octanol–water partition coefficient (Wildman–Crippen LogP) is 4.18. The zero-order chi connectivity index (χ0) is 9.36. The van der Waals surface area contributed by atoms with E-state index in [0.29, 0.717) is 0 Å². The van der Waals surface area contributed by atoms with Gasteiger partial charge in [0, 0.05) is 0 Å². The van der Waals surface area contributed by atoms with Gasteiger partial charge in [0.25, 0.3) is 0 Å². The summed E-state index contributed by atoms with van der Waals surface area (Å²) in [7, 11) is 0. The normalized spacial score (nSPS) is 18.9. The van der Waals surface area contributed by atoms with Gasteiger partial charge in [-0.25, -0.2) is 0 Å². The summed E-state index contributed by atoms with van der Waals surface area (Å²) < 4.78 is 0. The molecule has 0 N–H and O–H groups in total. The smallest absolute Gasteiger partial charge is 0.0163 e. The minimum absolute atomic E-state index is 1.14. The molecule has 70 valence electrons. The van der Waals surface area contributed by atoms with Crippen molar-refractivity contribution in [2.45, 2.75) is 32.1 Å². The van der Waals surface area contributed by atoms with E-state index >= 15 is 0 Å². The highest BCUT2D eigenvalue weighted by Crippen LogP contribution is 2.16. The van der Waals surface area contributed by atoms with Crippen LogP contribution < -0.4 is 0 Å². The van der Waals surface area contributed by atoms with Gasteiger partial charge in [0.2, 0.25) is 0 Å². The van der Waals surface area contributed by atoms with Crippen LogP contribution in [0, 0.1) is 0 Å². The molecule has 2 aliphatic carbocycles. The molecule has 0 atom stereocenters. The fourth-order valence-corrected chi connectivity index (χ4v) is 1.44. The Hall–Kier alpha value is -1.04. The van der Waals surface area contributed by atoms with Crippen molar-refractivity contribution in [1.29, 1.82) is 0 Å². The first-order valence-corrected chi connectivity index (χ1v) is 5.06. The van der Waals surface area contributed by atoms with Crippen LogP contribution in [0.3, 0.4) is 0 Å². The van der Waals surface area contributed by atoms with Crippen molar-refractivity contribution in [3.63, 3.8) is 0 Å². The van der Waals surface area contributed by atoms with Gasteiger partial charge >= 0.3 is 0 Å². The third-order valence-electron chi connectivity index (χ3n) is 2.24. The van der Waals surface area contributed by atoms with Gasteiger partial charge in [-0.1, -0.05) is 48.6 Å². The monoisotopic (exact) mass is 174 g/mol. The number of rotatable bonds is 1. The zero-order valence-corrected chi connectivity index (χ0v) is 8.21. The summed E-state index contributed by atoms with van der Waals surface area (Å²) in [4.78, 5) is 0. The molecule has 13 heavy (non-hydrogen) atoms. The molecule has 0 aromatic rings. The molecule has 0 unspecified atom stereocenters. The van der Waals surface area contributed by atoms with E-state index in [1.165, 1.54) is 31.3 Å². The quantitative estimate of drug-likeness (QED) is 0.559. The predicted molar refractivity (Wildman–Crippen MR) is 59.6 cm³/mol. The van der Waals surface area contributed by atoms with Gasteiger partial charge in [0.15, 0.2) is 0 Å². The zero-order valence-electron chi connectivity index (χ0n) is 8.21. The SMILES string of the molecule is C1=CCC=C1.C=CC1=CCCCC1. The van der Waals surface area contributed by atoms with Crippen molar-refractivity contribution >= 4 is 0 Å². The Morgan fingerprint density at radius 3 is 2.23 bits per heavy atom. The van der Waals surface area contributed by atoms with Crippen LogP contribution in [0.5, 0.6) is 0 Å². The molecule has 2 rings (SSSR count). The van der Waals surface area contributed by atoms with Gasteiger partial charge < -0.3 is 0 Å². The fraction of sp³-hybridized carbons (Fsp3) is 0.385. The van der Waals surface area contributed by atoms with Gasteiger partial charge in [-0.05, 0) is 32.1 Å². The summed E-state index contributed by atoms with van der Waals surface area (Å²) in [6.45, 7) is 3.72. The first-order valence-electron chi connectivity index (χ1n) is 5.06. The molecule has 0 aromatic heterocycles. The Balaban J connectivity index is 0.000000145. The average Bonchev–Trinajstić information content (AvgIpc) is 2.77. The maximum atomic E-state index is 3.72. The summed E-state index contributed by atoms with van der Waals surface area (Å²) in [5.74, 6) is 0. The van der Waals surface area contributed by atoms with Crippen molar-refractivity contribution in [1.82, 2.24) is 0 Å². The Labute approximate surface area is 81.4 Å². The second-order valence-corrected chi connectivity index (χ2v) is 3.32. The molecule has 0 radical (unpaired) electrons. The van der Waals surface area contributed by atoms with Crippen LogP contribution >= 0.6 is 0 Å². The maximum absolute atomic E-state index is 3.72. The minimum Gasteiger partial charge on any atom is -0.0988 e. The Kier molecular flexibility index (Phi) is 5.00. The summed E-state index contributed by atoms with van der Waals surface area (Å²) in [6.07, 6.45) is 19.0. The standard InChI is InChI=1S/C8H12.C5H6/c1-2-8-6-4-3-5-7-8;1-2-4-5-3-1/h2,6H,1,3-5,7H2;1-4H,5H2. The second-order valence-electron chi connectivity index (χ2n) is 3.32. The molecular weight excluding hydrogens is 156 g/mol. The van der Waals surface area contributed by atoms with E-state index in [1.807, 2.05) is 6.08 Å². The highest BCUT2D eigenvalue weighted by atomic mass is 14.0. The highest BCUT2D eigenvalue weighted by molar-refractivity contribution is 5.17. The van der Waals surface area contributed by atoms with Crippen LogP contribution in [-0.2, 0) is 0 Å². The van der Waals surface area contributed by atoms with Crippen molar-refractivity contribution in [3.05, 3.63) is 48.6 Å². The van der Waals surface area contributed by atoms with E-state index < -0.39 is 0 Å². The highest BCUT2D eigenvalue weighted by Gasteiger charge is 1.97. The van der Waals surface area contributed by atoms with Crippen molar-refractivity contribution in [3.8, 4) is 0 Å². The fourth-order valence-electron chi connectivity index (χ4n) is 1.44. The molecule has 0 saturated carbocycles.